The second-order valence-corrected chi connectivity index (χ2v) is 3.20. The Hall–Kier alpha value is -2.30. The third-order valence-electron chi connectivity index (χ3n) is 2.34. The van der Waals surface area contributed by atoms with E-state index in [2.05, 4.69) is 10.1 Å². The van der Waals surface area contributed by atoms with Crippen molar-refractivity contribution in [3.05, 3.63) is 36.2 Å². The molecule has 0 radical (unpaired) electrons. The van der Waals surface area contributed by atoms with E-state index in [1.54, 1.807) is 13.3 Å². The van der Waals surface area contributed by atoms with E-state index < -0.39 is 0 Å². The second-order valence-electron chi connectivity index (χ2n) is 3.20. The Morgan fingerprint density at radius 1 is 1.38 bits per heavy atom. The number of benzene rings is 1. The van der Waals surface area contributed by atoms with Crippen LogP contribution in [0.2, 0.25) is 0 Å². The first-order valence-corrected chi connectivity index (χ1v) is 4.67. The van der Waals surface area contributed by atoms with Crippen LogP contribution in [0.5, 0.6) is 5.75 Å². The van der Waals surface area contributed by atoms with Crippen LogP contribution in [0.1, 0.15) is 5.69 Å². The lowest BCUT2D eigenvalue weighted by Crippen LogP contribution is -2.15. The van der Waals surface area contributed by atoms with Crippen molar-refractivity contribution in [2.24, 2.45) is 10.9 Å². The van der Waals surface area contributed by atoms with Crippen LogP contribution in [0.25, 0.3) is 10.8 Å². The van der Waals surface area contributed by atoms with E-state index in [9.17, 15) is 0 Å². The number of aromatic nitrogens is 1. The zero-order valence-electron chi connectivity index (χ0n) is 8.71. The van der Waals surface area contributed by atoms with Crippen molar-refractivity contribution in [2.75, 3.05) is 7.11 Å². The molecular formula is C11H11N3O2. The van der Waals surface area contributed by atoms with Gasteiger partial charge in [-0.3, -0.25) is 4.98 Å². The van der Waals surface area contributed by atoms with E-state index in [1.807, 2.05) is 24.3 Å². The van der Waals surface area contributed by atoms with Gasteiger partial charge in [-0.2, -0.15) is 0 Å². The Labute approximate surface area is 92.2 Å². The summed E-state index contributed by atoms with van der Waals surface area (Å²) in [7, 11) is 1.60. The quantitative estimate of drug-likeness (QED) is 0.344. The molecule has 0 unspecified atom stereocenters. The first-order chi connectivity index (χ1) is 7.77. The molecule has 0 amide bonds. The Morgan fingerprint density at radius 2 is 2.19 bits per heavy atom. The van der Waals surface area contributed by atoms with Crippen molar-refractivity contribution < 1.29 is 9.94 Å². The molecule has 2 rings (SSSR count). The largest absolute Gasteiger partial charge is 0.496 e. The molecule has 0 saturated carbocycles. The number of hydrogen-bond donors (Lipinski definition) is 2. The lowest BCUT2D eigenvalue weighted by Gasteiger charge is -2.07. The number of methoxy groups -OCH3 is 1. The van der Waals surface area contributed by atoms with Crippen LogP contribution in [0.3, 0.4) is 0 Å². The van der Waals surface area contributed by atoms with Crippen LogP contribution < -0.4 is 10.5 Å². The molecule has 2 aromatic rings. The van der Waals surface area contributed by atoms with Crippen LogP contribution >= 0.6 is 0 Å². The fourth-order valence-corrected chi connectivity index (χ4v) is 1.61. The fraction of sp³-hybridized carbons (Fsp3) is 0.0909. The van der Waals surface area contributed by atoms with E-state index in [1.165, 1.54) is 0 Å². The van der Waals surface area contributed by atoms with Crippen molar-refractivity contribution in [2.45, 2.75) is 0 Å². The zero-order valence-corrected chi connectivity index (χ0v) is 8.71. The minimum atomic E-state index is -0.0150. The van der Waals surface area contributed by atoms with Crippen molar-refractivity contribution in [1.29, 1.82) is 0 Å². The van der Waals surface area contributed by atoms with Gasteiger partial charge in [0.05, 0.1) is 7.11 Å². The Bertz CT molecular complexity index is 552. The highest BCUT2D eigenvalue weighted by Crippen LogP contribution is 2.26. The molecule has 0 aliphatic rings. The predicted octanol–water partition coefficient (Wildman–Crippen LogP) is 1.34. The number of pyridine rings is 1. The molecule has 82 valence electrons. The van der Waals surface area contributed by atoms with Gasteiger partial charge in [0.1, 0.15) is 11.4 Å². The van der Waals surface area contributed by atoms with E-state index in [0.29, 0.717) is 5.69 Å². The number of nitrogens with two attached hydrogens (primary N) is 1. The fourth-order valence-electron chi connectivity index (χ4n) is 1.61. The van der Waals surface area contributed by atoms with Crippen LogP contribution in [0.4, 0.5) is 0 Å². The molecule has 5 nitrogen and oxygen atoms in total. The maximum Gasteiger partial charge on any atom is 0.189 e. The molecule has 0 saturated heterocycles. The van der Waals surface area contributed by atoms with Gasteiger partial charge < -0.3 is 15.7 Å². The van der Waals surface area contributed by atoms with Gasteiger partial charge in [0.15, 0.2) is 5.84 Å². The lowest BCUT2D eigenvalue weighted by molar-refractivity contribution is 0.318. The summed E-state index contributed by atoms with van der Waals surface area (Å²) >= 11 is 0. The summed E-state index contributed by atoms with van der Waals surface area (Å²) in [5.74, 6) is 0.714. The number of nitrogens with zero attached hydrogens (tertiary/aromatic N) is 2. The highest BCUT2D eigenvalue weighted by molar-refractivity contribution is 6.08. The van der Waals surface area contributed by atoms with Crippen LogP contribution in [-0.2, 0) is 0 Å². The Balaban J connectivity index is 2.79. The van der Waals surface area contributed by atoms with Crippen molar-refractivity contribution in [3.63, 3.8) is 0 Å². The number of oxime groups is 1. The molecule has 0 atom stereocenters. The maximum atomic E-state index is 8.67. The number of amidine groups is 1. The van der Waals surface area contributed by atoms with Crippen molar-refractivity contribution in [1.82, 2.24) is 4.98 Å². The Kier molecular flexibility index (Phi) is 2.59. The third-order valence-corrected chi connectivity index (χ3v) is 2.34. The van der Waals surface area contributed by atoms with E-state index in [0.717, 1.165) is 16.5 Å². The standard InChI is InChI=1S/C11H11N3O2/c1-16-9-4-2-3-8-7(9)5-6-13-10(8)11(12)14-15/h2-6,15H,1H3,(H2,12,14). The molecule has 0 fully saturated rings. The summed E-state index contributed by atoms with van der Waals surface area (Å²) in [4.78, 5) is 4.08. The van der Waals surface area contributed by atoms with Gasteiger partial charge >= 0.3 is 0 Å². The van der Waals surface area contributed by atoms with Gasteiger partial charge in [0.25, 0.3) is 0 Å². The van der Waals surface area contributed by atoms with E-state index in [-0.39, 0.29) is 5.84 Å². The summed E-state index contributed by atoms with van der Waals surface area (Å²) in [5.41, 5.74) is 5.99. The van der Waals surface area contributed by atoms with Gasteiger partial charge in [-0.15, -0.1) is 0 Å². The minimum absolute atomic E-state index is 0.0150. The molecule has 1 heterocycles. The molecule has 0 aliphatic heterocycles. The summed E-state index contributed by atoms with van der Waals surface area (Å²) in [6, 6.07) is 7.34. The van der Waals surface area contributed by atoms with Crippen molar-refractivity contribution in [3.8, 4) is 5.75 Å². The monoisotopic (exact) mass is 217 g/mol. The van der Waals surface area contributed by atoms with Gasteiger partial charge in [0.2, 0.25) is 0 Å². The average molecular weight is 217 g/mol. The number of ether oxygens (including phenoxy) is 1. The molecule has 1 aromatic carbocycles. The molecule has 0 spiro atoms. The number of fused-ring (bicyclic) bond motifs is 1. The Morgan fingerprint density at radius 3 is 2.88 bits per heavy atom. The number of hydrogen-bond acceptors (Lipinski definition) is 4. The highest BCUT2D eigenvalue weighted by atomic mass is 16.5. The van der Waals surface area contributed by atoms with Gasteiger partial charge in [-0.25, -0.2) is 0 Å². The third kappa shape index (κ3) is 1.52. The highest BCUT2D eigenvalue weighted by Gasteiger charge is 2.09. The molecule has 0 aliphatic carbocycles. The predicted molar refractivity (Wildman–Crippen MR) is 60.8 cm³/mol. The molecule has 0 bridgehead atoms. The lowest BCUT2D eigenvalue weighted by atomic mass is 10.1. The van der Waals surface area contributed by atoms with E-state index >= 15 is 0 Å². The van der Waals surface area contributed by atoms with Gasteiger partial charge in [0, 0.05) is 17.0 Å². The SMILES string of the molecule is COc1cccc2c(/C(N)=N/O)nccc12. The van der Waals surface area contributed by atoms with Gasteiger partial charge in [-0.05, 0) is 12.1 Å². The summed E-state index contributed by atoms with van der Waals surface area (Å²) in [6.07, 6.45) is 1.60. The summed E-state index contributed by atoms with van der Waals surface area (Å²) in [6.45, 7) is 0. The van der Waals surface area contributed by atoms with E-state index in [4.69, 9.17) is 15.7 Å². The summed E-state index contributed by atoms with van der Waals surface area (Å²) in [5, 5.41) is 13.3. The smallest absolute Gasteiger partial charge is 0.189 e. The zero-order chi connectivity index (χ0) is 11.5. The molecule has 5 heteroatoms. The second kappa shape index (κ2) is 4.06. The van der Waals surface area contributed by atoms with Crippen molar-refractivity contribution >= 4 is 16.6 Å². The average Bonchev–Trinajstić information content (AvgIpc) is 2.36. The number of rotatable bonds is 2. The van der Waals surface area contributed by atoms with Crippen LogP contribution in [0.15, 0.2) is 35.6 Å². The minimum Gasteiger partial charge on any atom is -0.496 e. The first-order valence-electron chi connectivity index (χ1n) is 4.67. The first kappa shape index (κ1) is 10.2. The summed E-state index contributed by atoms with van der Waals surface area (Å²) < 4.78 is 5.22. The molecule has 1 aromatic heterocycles. The normalized spacial score (nSPS) is 11.7. The molecular weight excluding hydrogens is 206 g/mol. The van der Waals surface area contributed by atoms with Gasteiger partial charge in [-0.1, -0.05) is 17.3 Å². The molecule has 3 N–H and O–H groups in total. The molecule has 16 heavy (non-hydrogen) atoms. The topological polar surface area (TPSA) is 80.7 Å². The van der Waals surface area contributed by atoms with Crippen LogP contribution in [-0.4, -0.2) is 23.1 Å². The van der Waals surface area contributed by atoms with Crippen LogP contribution in [0, 0.1) is 0 Å². The maximum absolute atomic E-state index is 8.67.